The number of ether oxygens (including phenoxy) is 1. The van der Waals surface area contributed by atoms with E-state index in [4.69, 9.17) is 43.6 Å². The van der Waals surface area contributed by atoms with Crippen molar-refractivity contribution in [2.75, 3.05) is 76.0 Å². The van der Waals surface area contributed by atoms with Crippen LogP contribution >= 0.6 is 23.2 Å². The molecule has 21 nitrogen and oxygen atoms in total. The smallest absolute Gasteiger partial charge is 0.258 e. The van der Waals surface area contributed by atoms with Gasteiger partial charge < -0.3 is 51.2 Å². The molecule has 26 heteroatoms. The van der Waals surface area contributed by atoms with Crippen LogP contribution in [0.25, 0.3) is 0 Å². The number of nitrogens with two attached hydrogens (primary N) is 1. The van der Waals surface area contributed by atoms with Gasteiger partial charge in [-0.05, 0) is 265 Å². The normalized spacial score (nSPS) is 19.4. The standard InChI is InChI=1S/C33H29ClFN5O2.C30H31FN4O3.C29H27ClFN3O4/c34-27-15-12-24(35)20-26(27)31(41)37-25-13-10-22(11-14-25)32(42)40-19-17-33(21-23-6-1-2-7-28(23)40)16-5-8-29(33)38-39-30-9-3-4-18-36-30;31-24-7-3-6-22(19-24)28(36)33-25-12-10-21(11-13-25)29(37)35-17-15-30(20-23-5-1-2-8-26(23)35)14-4-9-27(30)34-38-18-16-32;1-38-25-15-18(8-11-23(25)32-27(35)21-16-20(31)9-10-22(21)30)28(36)34-14-13-29(12-4-7-26(29)33-37)17-19-5-2-3-6-24(19)34/h1-4,6-7,9-15,18,20H,5,8,16-17,19,21H2,(H,36,39)(H,37,41);1-3,5-8,10-13,19H,4,9,14-18,20,32H2,(H,33,36);2-3,5-6,8-11,15-16,37H,4,7,12-14,17H2,1H3,(H,32,35). The van der Waals surface area contributed by atoms with E-state index in [1.54, 1.807) is 83.9 Å². The minimum absolute atomic E-state index is 0.0123. The Hall–Kier alpha value is -12.5. The first kappa shape index (κ1) is 82.0. The Morgan fingerprint density at radius 1 is 0.483 bits per heavy atom. The fourth-order valence-corrected chi connectivity index (χ4v) is 17.5. The highest BCUT2D eigenvalue weighted by Gasteiger charge is 2.47. The van der Waals surface area contributed by atoms with Gasteiger partial charge in [0.05, 0.1) is 45.4 Å². The van der Waals surface area contributed by atoms with Crippen LogP contribution in [0.1, 0.15) is 156 Å². The van der Waals surface area contributed by atoms with Crippen LogP contribution in [0.2, 0.25) is 10.0 Å². The summed E-state index contributed by atoms with van der Waals surface area (Å²) in [5.74, 6) is -2.60. The second kappa shape index (κ2) is 36.8. The summed E-state index contributed by atoms with van der Waals surface area (Å²) in [4.78, 5) is 94.6. The first-order valence-electron chi connectivity index (χ1n) is 39.3. The number of methoxy groups -OCH3 is 1. The van der Waals surface area contributed by atoms with E-state index >= 15 is 0 Å². The number of nitrogens with zero attached hydrogens (tertiary/aromatic N) is 7. The number of hydrogen-bond donors (Lipinski definition) is 6. The highest BCUT2D eigenvalue weighted by atomic mass is 35.5. The summed E-state index contributed by atoms with van der Waals surface area (Å²) in [7, 11) is 1.44. The number of benzene rings is 9. The molecule has 1 aromatic heterocycles. The van der Waals surface area contributed by atoms with Crippen molar-refractivity contribution in [2.45, 2.75) is 96.3 Å². The predicted molar refractivity (Wildman–Crippen MR) is 454 cm³/mol. The van der Waals surface area contributed by atoms with Crippen molar-refractivity contribution in [3.8, 4) is 5.75 Å². The molecule has 7 N–H and O–H groups in total. The van der Waals surface area contributed by atoms with Crippen LogP contribution in [0.5, 0.6) is 5.75 Å². The molecule has 0 saturated heterocycles. The zero-order valence-corrected chi connectivity index (χ0v) is 66.3. The Kier molecular flexibility index (Phi) is 25.6. The summed E-state index contributed by atoms with van der Waals surface area (Å²) in [6, 6.07) is 60.6. The number of para-hydroxylation sites is 3. The second-order valence-electron chi connectivity index (χ2n) is 30.2. The Bertz CT molecular complexity index is 5530. The van der Waals surface area contributed by atoms with E-state index in [1.807, 2.05) is 88.7 Å². The molecule has 0 bridgehead atoms. The maximum Gasteiger partial charge on any atom is 0.258 e. The van der Waals surface area contributed by atoms with Crippen LogP contribution in [-0.4, -0.2) is 103 Å². The summed E-state index contributed by atoms with van der Waals surface area (Å²) >= 11 is 12.1. The van der Waals surface area contributed by atoms with Gasteiger partial charge in [0.25, 0.3) is 35.4 Å². The predicted octanol–water partition coefficient (Wildman–Crippen LogP) is 18.9. The van der Waals surface area contributed by atoms with Crippen molar-refractivity contribution >= 4 is 116 Å². The lowest BCUT2D eigenvalue weighted by molar-refractivity contribution is 0.0977. The number of pyridine rings is 1. The number of halogens is 5. The summed E-state index contributed by atoms with van der Waals surface area (Å²) in [6.45, 7) is 2.38. The zero-order chi connectivity index (χ0) is 82.5. The van der Waals surface area contributed by atoms with Crippen LogP contribution in [0.3, 0.4) is 0 Å². The van der Waals surface area contributed by atoms with E-state index in [-0.39, 0.29) is 66.5 Å². The number of hydrazone groups is 1. The van der Waals surface area contributed by atoms with Gasteiger partial charge in [0.2, 0.25) is 0 Å². The summed E-state index contributed by atoms with van der Waals surface area (Å²) < 4.78 is 46.2. The van der Waals surface area contributed by atoms with Gasteiger partial charge >= 0.3 is 0 Å². The fourth-order valence-electron chi connectivity index (χ4n) is 17.0. The van der Waals surface area contributed by atoms with Gasteiger partial charge in [-0.15, -0.1) is 0 Å². The third kappa shape index (κ3) is 18.3. The van der Waals surface area contributed by atoms with Gasteiger partial charge in [-0.2, -0.15) is 5.10 Å². The van der Waals surface area contributed by atoms with Crippen molar-refractivity contribution in [3.63, 3.8) is 0 Å². The molecular weight excluding hydrogens is 1540 g/mol. The molecule has 604 valence electrons. The van der Waals surface area contributed by atoms with Gasteiger partial charge in [0, 0.05) is 105 Å². The van der Waals surface area contributed by atoms with Crippen LogP contribution in [-0.2, 0) is 24.1 Å². The number of oxime groups is 2. The first-order chi connectivity index (χ1) is 57.2. The second-order valence-corrected chi connectivity index (χ2v) is 31.0. The molecule has 3 spiro atoms. The number of nitrogens with one attached hydrogen (secondary N) is 4. The number of amides is 6. The lowest BCUT2D eigenvalue weighted by Gasteiger charge is -2.29. The molecule has 3 unspecified atom stereocenters. The number of fused-ring (bicyclic) bond motifs is 3. The largest absolute Gasteiger partial charge is 0.495 e. The molecule has 3 aliphatic carbocycles. The topological polar surface area (TPSA) is 275 Å². The minimum atomic E-state index is -0.600. The van der Waals surface area contributed by atoms with Crippen molar-refractivity contribution < 1.29 is 56.7 Å². The van der Waals surface area contributed by atoms with E-state index in [1.165, 1.54) is 49.6 Å². The van der Waals surface area contributed by atoms with E-state index in [2.05, 4.69) is 48.8 Å². The molecule has 3 saturated carbocycles. The monoisotopic (exact) mass is 1630 g/mol. The summed E-state index contributed by atoms with van der Waals surface area (Å²) in [5, 5.41) is 31.0. The van der Waals surface area contributed by atoms with Gasteiger partial charge in [0.1, 0.15) is 35.6 Å². The van der Waals surface area contributed by atoms with E-state index < -0.39 is 35.2 Å². The molecule has 0 radical (unpaired) electrons. The highest BCUT2D eigenvalue weighted by molar-refractivity contribution is 6.35. The Morgan fingerprint density at radius 3 is 1.44 bits per heavy atom. The third-order valence-electron chi connectivity index (χ3n) is 23.0. The van der Waals surface area contributed by atoms with Crippen LogP contribution in [0.4, 0.5) is 53.1 Å². The quantitative estimate of drug-likeness (QED) is 0.0318. The molecule has 6 amide bonds. The van der Waals surface area contributed by atoms with Crippen LogP contribution in [0, 0.1) is 33.7 Å². The van der Waals surface area contributed by atoms with Gasteiger partial charge in [-0.3, -0.25) is 34.2 Å². The lowest BCUT2D eigenvalue weighted by atomic mass is 9.76. The summed E-state index contributed by atoms with van der Waals surface area (Å²) in [5.41, 5.74) is 20.0. The molecule has 3 atom stereocenters. The molecule has 10 aromatic rings. The fraction of sp³-hybridized carbons (Fsp3) is 0.261. The van der Waals surface area contributed by atoms with Gasteiger partial charge in [-0.25, -0.2) is 18.2 Å². The molecule has 3 aliphatic heterocycles. The summed E-state index contributed by atoms with van der Waals surface area (Å²) in [6.07, 6.45) is 14.9. The van der Waals surface area contributed by atoms with Crippen LogP contribution < -0.4 is 46.5 Å². The van der Waals surface area contributed by atoms with Crippen molar-refractivity contribution in [3.05, 3.63) is 302 Å². The Morgan fingerprint density at radius 2 is 0.941 bits per heavy atom. The van der Waals surface area contributed by atoms with Gasteiger partial charge in [0.15, 0.2) is 0 Å². The molecule has 3 fully saturated rings. The molecular formula is C92H87Cl2F3N12O9. The molecule has 118 heavy (non-hydrogen) atoms. The van der Waals surface area contributed by atoms with Crippen molar-refractivity contribution in [1.29, 1.82) is 0 Å². The molecule has 6 aliphatic rings. The van der Waals surface area contributed by atoms with Gasteiger partial charge in [-0.1, -0.05) is 100 Å². The third-order valence-corrected chi connectivity index (χ3v) is 23.7. The SMILES string of the molecule is COc1cc(C(=O)N2CCC3(CCCC3=NO)Cc3ccccc32)ccc1NC(=O)c1cc(F)ccc1Cl.NCCON=C1CCCC12CCN(C(=O)c1ccc(NC(=O)c3cccc(F)c3)cc1)c1ccccc1C2.O=C(Nc1ccc(C(=O)N2CCC3(CCCC3=NNc3ccccn3)Cc3ccccc32)cc1)c1cc(F)ccc1Cl. The number of aromatic nitrogens is 1. The number of carbonyl (C=O) groups is 6. The highest BCUT2D eigenvalue weighted by Crippen LogP contribution is 2.50. The lowest BCUT2D eigenvalue weighted by Crippen LogP contribution is -2.35. The van der Waals surface area contributed by atoms with Crippen molar-refractivity contribution in [1.82, 2.24) is 4.98 Å². The Labute approximate surface area is 691 Å². The molecule has 9 aromatic carbocycles. The van der Waals surface area contributed by atoms with E-state index in [0.29, 0.717) is 85.2 Å². The van der Waals surface area contributed by atoms with Crippen molar-refractivity contribution in [2.24, 2.45) is 37.4 Å². The zero-order valence-electron chi connectivity index (χ0n) is 64.8. The maximum atomic E-state index is 13.9. The number of rotatable bonds is 15. The Balaban J connectivity index is 0.000000146. The minimum Gasteiger partial charge on any atom is -0.495 e. The van der Waals surface area contributed by atoms with Crippen LogP contribution in [0.15, 0.2) is 240 Å². The number of anilines is 7. The average molecular weight is 1630 g/mol. The number of hydrogen-bond acceptors (Lipinski definition) is 15. The first-order valence-corrected chi connectivity index (χ1v) is 40.0. The molecule has 16 rings (SSSR count). The van der Waals surface area contributed by atoms with E-state index in [0.717, 1.165) is 146 Å². The average Bonchev–Trinajstić information content (AvgIpc) is 1.64. The number of carbonyl (C=O) groups excluding carboxylic acids is 6. The maximum absolute atomic E-state index is 13.9. The molecule has 4 heterocycles. The van der Waals surface area contributed by atoms with E-state index in [9.17, 15) is 47.1 Å².